The molecule has 0 radical (unpaired) electrons. The molecule has 5 heteroatoms. The topological polar surface area (TPSA) is 62.3 Å². The summed E-state index contributed by atoms with van der Waals surface area (Å²) in [7, 11) is 3.42. The maximum Gasteiger partial charge on any atom is 0.118 e. The monoisotopic (exact) mass is 427 g/mol. The summed E-state index contributed by atoms with van der Waals surface area (Å²) in [5.74, 6) is 1.50. The summed E-state index contributed by atoms with van der Waals surface area (Å²) >= 11 is 0. The number of allylic oxidation sites excluding steroid dienone is 3. The van der Waals surface area contributed by atoms with Crippen molar-refractivity contribution in [3.63, 3.8) is 0 Å². The highest BCUT2D eigenvalue weighted by Crippen LogP contribution is 2.41. The van der Waals surface area contributed by atoms with Crippen molar-refractivity contribution >= 4 is 5.70 Å². The van der Waals surface area contributed by atoms with Crippen LogP contribution in [0.25, 0.3) is 17.0 Å². The van der Waals surface area contributed by atoms with Crippen LogP contribution >= 0.6 is 0 Å². The molecule has 31 heavy (non-hydrogen) atoms. The highest BCUT2D eigenvalue weighted by Gasteiger charge is 2.27. The molecular weight excluding hydrogens is 386 g/mol. The Balaban J connectivity index is 0.000000884. The second-order valence-corrected chi connectivity index (χ2v) is 7.34. The number of nitrogens with two attached hydrogens (primary N) is 1. The average Bonchev–Trinajstić information content (AvgIpc) is 3.54. The Labute approximate surface area is 188 Å². The minimum Gasteiger partial charge on any atom is -0.497 e. The molecule has 1 aromatic carbocycles. The van der Waals surface area contributed by atoms with E-state index in [0.29, 0.717) is 12.5 Å². The lowest BCUT2D eigenvalue weighted by atomic mass is 10.1. The lowest BCUT2D eigenvalue weighted by molar-refractivity contribution is 0.225. The van der Waals surface area contributed by atoms with Crippen LogP contribution in [-0.4, -0.2) is 37.2 Å². The largest absolute Gasteiger partial charge is 0.497 e. The summed E-state index contributed by atoms with van der Waals surface area (Å²) in [6.07, 6.45) is 7.80. The van der Waals surface area contributed by atoms with E-state index in [-0.39, 0.29) is 0 Å². The third kappa shape index (κ3) is 8.72. The second kappa shape index (κ2) is 14.6. The predicted octanol–water partition coefficient (Wildman–Crippen LogP) is 6.27. The van der Waals surface area contributed by atoms with Crippen molar-refractivity contribution in [1.29, 1.82) is 0 Å². The molecule has 2 N–H and O–H groups in total. The molecule has 0 atom stereocenters. The highest BCUT2D eigenvalue weighted by molar-refractivity contribution is 5.66. The van der Waals surface area contributed by atoms with Crippen LogP contribution in [0.15, 0.2) is 48.1 Å². The summed E-state index contributed by atoms with van der Waals surface area (Å²) < 4.78 is 12.5. The van der Waals surface area contributed by atoms with Crippen molar-refractivity contribution in [2.24, 2.45) is 5.73 Å². The zero-order valence-corrected chi connectivity index (χ0v) is 20.4. The van der Waals surface area contributed by atoms with Gasteiger partial charge in [-0.05, 0) is 70.0 Å². The number of methoxy groups -OCH3 is 2. The molecule has 1 aliphatic rings. The molecule has 1 aliphatic carbocycles. The quantitative estimate of drug-likeness (QED) is 0.504. The Morgan fingerprint density at radius 3 is 2.26 bits per heavy atom. The van der Waals surface area contributed by atoms with E-state index in [1.54, 1.807) is 14.2 Å². The smallest absolute Gasteiger partial charge is 0.118 e. The lowest BCUT2D eigenvalue weighted by Gasteiger charge is -2.09. The van der Waals surface area contributed by atoms with Gasteiger partial charge < -0.3 is 15.2 Å². The van der Waals surface area contributed by atoms with Gasteiger partial charge in [0, 0.05) is 24.3 Å². The van der Waals surface area contributed by atoms with Gasteiger partial charge in [0.05, 0.1) is 25.1 Å². The number of hydrogen-bond donors (Lipinski definition) is 1. The summed E-state index contributed by atoms with van der Waals surface area (Å²) in [5, 5.41) is 4.90. The molecule has 1 saturated carbocycles. The first-order valence-corrected chi connectivity index (χ1v) is 11.3. The van der Waals surface area contributed by atoms with Gasteiger partial charge >= 0.3 is 0 Å². The van der Waals surface area contributed by atoms with Crippen molar-refractivity contribution in [1.82, 2.24) is 9.78 Å². The normalized spacial score (nSPS) is 13.7. The van der Waals surface area contributed by atoms with E-state index in [2.05, 4.69) is 48.9 Å². The van der Waals surface area contributed by atoms with Crippen LogP contribution < -0.4 is 10.5 Å². The van der Waals surface area contributed by atoms with Crippen molar-refractivity contribution in [2.45, 2.75) is 59.8 Å². The minimum atomic E-state index is 0.630. The summed E-state index contributed by atoms with van der Waals surface area (Å²) in [4.78, 5) is 0. The van der Waals surface area contributed by atoms with E-state index in [4.69, 9.17) is 20.3 Å². The van der Waals surface area contributed by atoms with Crippen molar-refractivity contribution in [3.8, 4) is 17.0 Å². The van der Waals surface area contributed by atoms with E-state index in [0.717, 1.165) is 35.7 Å². The molecule has 3 rings (SSSR count). The standard InChI is InChI=1S/C22H28N2O2.C2H7N.C2H6/c1-16(15-25-3)6-5-7-17(2)24-22(14-21(23-24)18-8-9-18)19-10-12-20(26-4)13-11-19;1-2-3;1-2/h6-7,10-14,18H,5,8-9,15H2,1-4H3;2-3H2,1H3;1-2H3/b16-6+,17-7+;;. The van der Waals surface area contributed by atoms with Gasteiger partial charge in [-0.3, -0.25) is 0 Å². The molecule has 1 fully saturated rings. The molecule has 1 heterocycles. The first-order valence-electron chi connectivity index (χ1n) is 11.3. The Morgan fingerprint density at radius 2 is 1.74 bits per heavy atom. The third-order valence-corrected chi connectivity index (χ3v) is 4.70. The highest BCUT2D eigenvalue weighted by atomic mass is 16.5. The van der Waals surface area contributed by atoms with Gasteiger partial charge in [-0.2, -0.15) is 5.10 Å². The molecule has 0 saturated heterocycles. The minimum absolute atomic E-state index is 0.630. The molecular formula is C26H41N3O2. The van der Waals surface area contributed by atoms with Crippen molar-refractivity contribution in [3.05, 3.63) is 53.8 Å². The molecule has 0 aliphatic heterocycles. The van der Waals surface area contributed by atoms with Gasteiger partial charge in [0.2, 0.25) is 0 Å². The fourth-order valence-electron chi connectivity index (χ4n) is 3.02. The molecule has 0 unspecified atom stereocenters. The fraction of sp³-hybridized carbons (Fsp3) is 0.500. The van der Waals surface area contributed by atoms with E-state index >= 15 is 0 Å². The van der Waals surface area contributed by atoms with Crippen LogP contribution in [0.1, 0.15) is 65.5 Å². The fourth-order valence-corrected chi connectivity index (χ4v) is 3.02. The molecule has 1 aromatic heterocycles. The summed E-state index contributed by atoms with van der Waals surface area (Å²) in [6.45, 7) is 11.5. The summed E-state index contributed by atoms with van der Waals surface area (Å²) in [6, 6.07) is 10.4. The Bertz CT molecular complexity index is 816. The van der Waals surface area contributed by atoms with Gasteiger partial charge in [0.1, 0.15) is 5.75 Å². The first kappa shape index (κ1) is 26.7. The maximum atomic E-state index is 5.28. The molecule has 5 nitrogen and oxygen atoms in total. The van der Waals surface area contributed by atoms with Gasteiger partial charge in [0.25, 0.3) is 0 Å². The molecule has 172 valence electrons. The van der Waals surface area contributed by atoms with Gasteiger partial charge in [-0.25, -0.2) is 4.68 Å². The number of rotatable bonds is 8. The van der Waals surface area contributed by atoms with E-state index in [9.17, 15) is 0 Å². The van der Waals surface area contributed by atoms with Gasteiger partial charge in [-0.15, -0.1) is 0 Å². The van der Waals surface area contributed by atoms with Gasteiger partial charge in [0.15, 0.2) is 0 Å². The second-order valence-electron chi connectivity index (χ2n) is 7.34. The number of ether oxygens (including phenoxy) is 2. The average molecular weight is 428 g/mol. The lowest BCUT2D eigenvalue weighted by Crippen LogP contribution is -1.99. The number of aromatic nitrogens is 2. The Kier molecular flexibility index (Phi) is 12.6. The SMILES string of the molecule is CC.CCN.COC/C(C)=C/C/C=C(\C)n1nc(C2CC2)cc1-c1ccc(OC)cc1. The zero-order valence-electron chi connectivity index (χ0n) is 20.4. The Morgan fingerprint density at radius 1 is 1.13 bits per heavy atom. The van der Waals surface area contributed by atoms with Crippen LogP contribution in [0.2, 0.25) is 0 Å². The molecule has 0 amide bonds. The number of benzene rings is 1. The maximum absolute atomic E-state index is 5.28. The molecule has 2 aromatic rings. The molecule has 0 bridgehead atoms. The van der Waals surface area contributed by atoms with Crippen LogP contribution in [0, 0.1) is 0 Å². The third-order valence-electron chi connectivity index (χ3n) is 4.70. The number of hydrogen-bond acceptors (Lipinski definition) is 4. The predicted molar refractivity (Wildman–Crippen MR) is 132 cm³/mol. The van der Waals surface area contributed by atoms with Crippen molar-refractivity contribution in [2.75, 3.05) is 27.4 Å². The zero-order chi connectivity index (χ0) is 23.2. The van der Waals surface area contributed by atoms with Crippen LogP contribution in [-0.2, 0) is 4.74 Å². The molecule has 0 spiro atoms. The van der Waals surface area contributed by atoms with Crippen LogP contribution in [0.3, 0.4) is 0 Å². The summed E-state index contributed by atoms with van der Waals surface area (Å²) in [5.41, 5.74) is 10.7. The van der Waals surface area contributed by atoms with E-state index in [1.165, 1.54) is 24.1 Å². The van der Waals surface area contributed by atoms with E-state index in [1.807, 2.05) is 32.9 Å². The van der Waals surface area contributed by atoms with Crippen LogP contribution in [0.5, 0.6) is 5.75 Å². The Hall–Kier alpha value is -2.37. The van der Waals surface area contributed by atoms with Gasteiger partial charge in [-0.1, -0.05) is 38.5 Å². The first-order chi connectivity index (χ1) is 15.0. The van der Waals surface area contributed by atoms with E-state index < -0.39 is 0 Å². The number of nitrogens with zero attached hydrogens (tertiary/aromatic N) is 2. The van der Waals surface area contributed by atoms with Crippen molar-refractivity contribution < 1.29 is 9.47 Å². The van der Waals surface area contributed by atoms with Crippen LogP contribution in [0.4, 0.5) is 0 Å².